The molecule has 156 valence electrons. The van der Waals surface area contributed by atoms with Gasteiger partial charge in [0.1, 0.15) is 0 Å². The van der Waals surface area contributed by atoms with Crippen LogP contribution in [0.1, 0.15) is 19.4 Å². The first-order chi connectivity index (χ1) is 14.9. The summed E-state index contributed by atoms with van der Waals surface area (Å²) in [5.41, 5.74) is 5.00. The van der Waals surface area contributed by atoms with Gasteiger partial charge in [0.25, 0.3) is 11.1 Å². The van der Waals surface area contributed by atoms with E-state index in [0.29, 0.717) is 11.1 Å². The summed E-state index contributed by atoms with van der Waals surface area (Å²) in [5.74, 6) is 0.691. The van der Waals surface area contributed by atoms with Gasteiger partial charge in [-0.1, -0.05) is 62.0 Å². The van der Waals surface area contributed by atoms with Crippen molar-refractivity contribution < 1.29 is 9.21 Å². The highest BCUT2D eigenvalue weighted by Gasteiger charge is 2.38. The van der Waals surface area contributed by atoms with Gasteiger partial charge in [0.2, 0.25) is 0 Å². The fourth-order valence-electron chi connectivity index (χ4n) is 4.21. The largest absolute Gasteiger partial charge is 0.411 e. The van der Waals surface area contributed by atoms with Gasteiger partial charge in [0.15, 0.2) is 5.78 Å². The summed E-state index contributed by atoms with van der Waals surface area (Å²) in [6.07, 6.45) is 3.60. The summed E-state index contributed by atoms with van der Waals surface area (Å²) in [7, 11) is 2.01. The van der Waals surface area contributed by atoms with Gasteiger partial charge in [-0.05, 0) is 17.7 Å². The number of fused-ring (bicyclic) bond motifs is 2. The van der Waals surface area contributed by atoms with E-state index in [0.717, 1.165) is 27.9 Å². The van der Waals surface area contributed by atoms with Crippen molar-refractivity contribution in [3.63, 3.8) is 0 Å². The molecular weight excluding hydrogens is 408 g/mol. The minimum Gasteiger partial charge on any atom is -0.411 e. The van der Waals surface area contributed by atoms with E-state index in [1.165, 1.54) is 17.3 Å². The van der Waals surface area contributed by atoms with Crippen molar-refractivity contribution in [2.75, 3.05) is 17.7 Å². The Morgan fingerprint density at radius 3 is 2.77 bits per heavy atom. The van der Waals surface area contributed by atoms with Crippen LogP contribution in [0.2, 0.25) is 0 Å². The number of aromatic amines is 1. The molecule has 3 heterocycles. The monoisotopic (exact) mass is 430 g/mol. The number of ketones is 1. The van der Waals surface area contributed by atoms with Crippen LogP contribution < -0.4 is 4.90 Å². The maximum Gasteiger partial charge on any atom is 0.277 e. The summed E-state index contributed by atoms with van der Waals surface area (Å²) < 4.78 is 5.81. The molecule has 0 spiro atoms. The fourth-order valence-corrected chi connectivity index (χ4v) is 4.80. The van der Waals surface area contributed by atoms with Crippen molar-refractivity contribution in [3.05, 3.63) is 72.1 Å². The third-order valence-corrected chi connectivity index (χ3v) is 6.64. The molecule has 1 N–H and O–H groups in total. The number of anilines is 1. The number of thioether (sulfide) groups is 1. The topological polar surface area (TPSA) is 75.0 Å². The van der Waals surface area contributed by atoms with E-state index in [9.17, 15) is 4.79 Å². The van der Waals surface area contributed by atoms with Crippen molar-refractivity contribution in [2.45, 2.75) is 24.5 Å². The molecule has 31 heavy (non-hydrogen) atoms. The Hall–Kier alpha value is -3.32. The van der Waals surface area contributed by atoms with Gasteiger partial charge in [0, 0.05) is 47.0 Å². The van der Waals surface area contributed by atoms with Crippen LogP contribution in [-0.2, 0) is 10.2 Å². The highest BCUT2D eigenvalue weighted by atomic mass is 32.2. The molecule has 0 saturated heterocycles. The number of carbonyl (C=O) groups is 1. The first-order valence-electron chi connectivity index (χ1n) is 10.1. The molecule has 0 fully saturated rings. The van der Waals surface area contributed by atoms with E-state index < -0.39 is 0 Å². The van der Waals surface area contributed by atoms with Gasteiger partial charge >= 0.3 is 0 Å². The Labute approximate surface area is 184 Å². The molecule has 0 unspecified atom stereocenters. The molecule has 4 aromatic rings. The van der Waals surface area contributed by atoms with E-state index in [1.54, 1.807) is 6.08 Å². The van der Waals surface area contributed by atoms with Crippen LogP contribution in [0.3, 0.4) is 0 Å². The minimum atomic E-state index is -0.224. The Morgan fingerprint density at radius 2 is 1.94 bits per heavy atom. The normalized spacial score (nSPS) is 16.2. The predicted molar refractivity (Wildman–Crippen MR) is 123 cm³/mol. The Kier molecular flexibility index (Phi) is 4.70. The number of H-pyrrole nitrogens is 1. The van der Waals surface area contributed by atoms with Crippen molar-refractivity contribution in [1.29, 1.82) is 0 Å². The second-order valence-electron chi connectivity index (χ2n) is 8.11. The minimum absolute atomic E-state index is 0.0135. The molecule has 1 aliphatic heterocycles. The lowest BCUT2D eigenvalue weighted by Gasteiger charge is -2.23. The Morgan fingerprint density at radius 1 is 1.16 bits per heavy atom. The van der Waals surface area contributed by atoms with Crippen molar-refractivity contribution >= 4 is 34.1 Å². The average Bonchev–Trinajstić information content (AvgIpc) is 3.45. The lowest BCUT2D eigenvalue weighted by atomic mass is 9.83. The van der Waals surface area contributed by atoms with E-state index in [4.69, 9.17) is 4.42 Å². The summed E-state index contributed by atoms with van der Waals surface area (Å²) in [6.45, 7) is 4.29. The van der Waals surface area contributed by atoms with Crippen molar-refractivity contribution in [1.82, 2.24) is 15.2 Å². The molecule has 1 aliphatic rings. The second-order valence-corrected chi connectivity index (χ2v) is 9.03. The lowest BCUT2D eigenvalue weighted by Crippen LogP contribution is -2.24. The second kappa shape index (κ2) is 7.42. The summed E-state index contributed by atoms with van der Waals surface area (Å²) in [6, 6.07) is 16.2. The maximum atomic E-state index is 12.7. The van der Waals surface area contributed by atoms with E-state index in [-0.39, 0.29) is 17.0 Å². The molecule has 2 aromatic carbocycles. The summed E-state index contributed by atoms with van der Waals surface area (Å²) >= 11 is 1.26. The number of likely N-dealkylation sites (N-methyl/N-ethyl adjacent to an activating group) is 1. The number of benzene rings is 2. The van der Waals surface area contributed by atoms with Crippen molar-refractivity contribution in [2.24, 2.45) is 0 Å². The number of para-hydroxylation sites is 2. The van der Waals surface area contributed by atoms with Crippen LogP contribution in [0, 0.1) is 0 Å². The Bertz CT molecular complexity index is 1320. The zero-order chi connectivity index (χ0) is 21.6. The maximum absolute atomic E-state index is 12.7. The van der Waals surface area contributed by atoms with Crippen LogP contribution in [-0.4, -0.2) is 33.8 Å². The molecule has 6 nitrogen and oxygen atoms in total. The van der Waals surface area contributed by atoms with Gasteiger partial charge < -0.3 is 14.3 Å². The third-order valence-electron chi connectivity index (χ3n) is 5.80. The Balaban J connectivity index is 1.31. The molecule has 0 amide bonds. The first-order valence-corrected chi connectivity index (χ1v) is 11.0. The molecule has 0 radical (unpaired) electrons. The third kappa shape index (κ3) is 3.35. The van der Waals surface area contributed by atoms with Crippen LogP contribution in [0.5, 0.6) is 0 Å². The number of hydrogen-bond donors (Lipinski definition) is 1. The number of allylic oxidation sites excluding steroid dienone is 2. The number of nitrogens with one attached hydrogen (secondary N) is 1. The average molecular weight is 431 g/mol. The summed E-state index contributed by atoms with van der Waals surface area (Å²) in [4.78, 5) is 18.0. The fraction of sp³-hybridized carbons (Fsp3) is 0.208. The van der Waals surface area contributed by atoms with Gasteiger partial charge in [-0.25, -0.2) is 0 Å². The molecular formula is C24H22N4O2S. The predicted octanol–water partition coefficient (Wildman–Crippen LogP) is 5.19. The highest BCUT2D eigenvalue weighted by molar-refractivity contribution is 7.99. The number of rotatable bonds is 5. The molecule has 0 aliphatic carbocycles. The van der Waals surface area contributed by atoms with Gasteiger partial charge in [-0.3, -0.25) is 4.79 Å². The molecule has 0 saturated carbocycles. The molecule has 0 atom stereocenters. The molecule has 2 aromatic heterocycles. The smallest absolute Gasteiger partial charge is 0.277 e. The van der Waals surface area contributed by atoms with Gasteiger partial charge in [-0.2, -0.15) is 0 Å². The van der Waals surface area contributed by atoms with Crippen LogP contribution >= 0.6 is 11.8 Å². The molecule has 0 bridgehead atoms. The van der Waals surface area contributed by atoms with Crippen LogP contribution in [0.25, 0.3) is 22.4 Å². The quantitative estimate of drug-likeness (QED) is 0.347. The number of hydrogen-bond acceptors (Lipinski definition) is 6. The number of carbonyl (C=O) groups excluding carboxylic acids is 1. The highest BCUT2D eigenvalue weighted by Crippen LogP contribution is 2.46. The first kappa shape index (κ1) is 19.6. The van der Waals surface area contributed by atoms with Crippen molar-refractivity contribution in [3.8, 4) is 11.5 Å². The lowest BCUT2D eigenvalue weighted by molar-refractivity contribution is -0.112. The number of nitrogens with zero attached hydrogens (tertiary/aromatic N) is 3. The van der Waals surface area contributed by atoms with Crippen LogP contribution in [0.4, 0.5) is 5.69 Å². The summed E-state index contributed by atoms with van der Waals surface area (Å²) in [5, 5.41) is 9.67. The van der Waals surface area contributed by atoms with Gasteiger partial charge in [0.05, 0.1) is 11.3 Å². The van der Waals surface area contributed by atoms with Crippen LogP contribution in [0.15, 0.2) is 76.1 Å². The van der Waals surface area contributed by atoms with E-state index in [2.05, 4.69) is 46.1 Å². The zero-order valence-corrected chi connectivity index (χ0v) is 18.4. The van der Waals surface area contributed by atoms with E-state index in [1.807, 2.05) is 49.6 Å². The molecule has 5 rings (SSSR count). The van der Waals surface area contributed by atoms with E-state index >= 15 is 0 Å². The zero-order valence-electron chi connectivity index (χ0n) is 17.5. The van der Waals surface area contributed by atoms with Gasteiger partial charge in [-0.15, -0.1) is 10.2 Å². The standard InChI is InChI=1S/C24H22N4O2S/c1-24(2)18-9-5-7-11-20(18)28(3)21(24)12-15(29)14-31-23-27-26-22(30-23)17-13-25-19-10-6-4-8-16(17)19/h4-13,25H,14H2,1-3H3/b21-12+. The number of aromatic nitrogens is 3. The molecule has 7 heteroatoms. The SMILES string of the molecule is CN1/C(=C/C(=O)CSc2nnc(-c3c[nH]c4ccccc34)o2)C(C)(C)c2ccccc21.